The molecule has 0 unspecified atom stereocenters. The molecule has 0 fully saturated rings. The molecule has 1 aliphatic rings. The normalized spacial score (nSPS) is 15.2. The number of rotatable bonds is 5. The van der Waals surface area contributed by atoms with Crippen LogP contribution in [0.25, 0.3) is 17.4 Å². The standard InChI is InChI=1S/C25H17N3O5/c1-16-20(13-18-11-12-23(33-18)19-9-5-6-10-22(19)28(31)32)24(29)27(25(30)21(16)14-26)15-17-7-3-2-4-8-17/h2-13H,15H2,1H3/b20-13+. The average molecular weight is 439 g/mol. The molecule has 2 heterocycles. The molecule has 33 heavy (non-hydrogen) atoms. The van der Waals surface area contributed by atoms with E-state index in [9.17, 15) is 25.0 Å². The molecule has 8 heteroatoms. The highest BCUT2D eigenvalue weighted by Gasteiger charge is 2.35. The maximum Gasteiger partial charge on any atom is 0.280 e. The van der Waals surface area contributed by atoms with Gasteiger partial charge in [-0.2, -0.15) is 5.26 Å². The molecule has 0 bridgehead atoms. The molecule has 3 aromatic rings. The number of amides is 2. The summed E-state index contributed by atoms with van der Waals surface area (Å²) in [6, 6.07) is 20.2. The van der Waals surface area contributed by atoms with Crippen LogP contribution in [-0.2, 0) is 16.1 Å². The fourth-order valence-electron chi connectivity index (χ4n) is 3.60. The molecule has 162 valence electrons. The minimum Gasteiger partial charge on any atom is -0.456 e. The van der Waals surface area contributed by atoms with Gasteiger partial charge < -0.3 is 4.42 Å². The molecule has 0 aliphatic carbocycles. The molecule has 0 spiro atoms. The number of nitriles is 1. The van der Waals surface area contributed by atoms with E-state index >= 15 is 0 Å². The van der Waals surface area contributed by atoms with Crippen molar-refractivity contribution in [3.05, 3.63) is 105 Å². The summed E-state index contributed by atoms with van der Waals surface area (Å²) >= 11 is 0. The van der Waals surface area contributed by atoms with Gasteiger partial charge in [0.1, 0.15) is 23.2 Å². The number of furan rings is 1. The number of hydrogen-bond acceptors (Lipinski definition) is 6. The van der Waals surface area contributed by atoms with E-state index in [2.05, 4.69) is 0 Å². The van der Waals surface area contributed by atoms with E-state index in [1.54, 1.807) is 54.6 Å². The molecule has 0 saturated carbocycles. The van der Waals surface area contributed by atoms with Crippen molar-refractivity contribution in [1.82, 2.24) is 4.90 Å². The summed E-state index contributed by atoms with van der Waals surface area (Å²) in [5.41, 5.74) is 1.20. The van der Waals surface area contributed by atoms with Gasteiger partial charge in [0.2, 0.25) is 0 Å². The SMILES string of the molecule is CC1=C(C#N)C(=O)N(Cc2ccccc2)C(=O)/C1=C/c1ccc(-c2ccccc2[N+](=O)[O-])o1. The summed E-state index contributed by atoms with van der Waals surface area (Å²) in [6.45, 7) is 1.56. The predicted octanol–water partition coefficient (Wildman–Crippen LogP) is 4.65. The van der Waals surface area contributed by atoms with E-state index in [1.165, 1.54) is 19.1 Å². The lowest BCUT2D eigenvalue weighted by Crippen LogP contribution is -2.42. The number of nitro benzene ring substituents is 1. The zero-order valence-corrected chi connectivity index (χ0v) is 17.5. The molecular formula is C25H17N3O5. The second kappa shape index (κ2) is 8.77. The minimum absolute atomic E-state index is 0.0217. The van der Waals surface area contributed by atoms with Crippen molar-refractivity contribution in [2.75, 3.05) is 0 Å². The Morgan fingerprint density at radius 1 is 1.03 bits per heavy atom. The molecule has 0 N–H and O–H groups in total. The van der Waals surface area contributed by atoms with E-state index in [0.29, 0.717) is 5.56 Å². The van der Waals surface area contributed by atoms with Crippen LogP contribution >= 0.6 is 0 Å². The third kappa shape index (κ3) is 4.07. The Kier molecular flexibility index (Phi) is 5.70. The average Bonchev–Trinajstić information content (AvgIpc) is 3.29. The first-order valence-corrected chi connectivity index (χ1v) is 9.97. The van der Waals surface area contributed by atoms with Crippen LogP contribution in [0, 0.1) is 21.4 Å². The second-order valence-corrected chi connectivity index (χ2v) is 7.33. The Labute approximate surface area is 188 Å². The Balaban J connectivity index is 1.74. The van der Waals surface area contributed by atoms with Crippen LogP contribution in [0.15, 0.2) is 87.9 Å². The van der Waals surface area contributed by atoms with Crippen molar-refractivity contribution in [3.63, 3.8) is 0 Å². The van der Waals surface area contributed by atoms with Crippen LogP contribution in [0.3, 0.4) is 0 Å². The number of imide groups is 1. The fourth-order valence-corrected chi connectivity index (χ4v) is 3.60. The maximum atomic E-state index is 13.2. The summed E-state index contributed by atoms with van der Waals surface area (Å²) in [5, 5.41) is 20.9. The highest BCUT2D eigenvalue weighted by Crippen LogP contribution is 2.33. The van der Waals surface area contributed by atoms with E-state index in [-0.39, 0.29) is 40.5 Å². The summed E-state index contributed by atoms with van der Waals surface area (Å²) in [7, 11) is 0. The molecule has 1 aliphatic heterocycles. The molecule has 0 radical (unpaired) electrons. The summed E-state index contributed by atoms with van der Waals surface area (Å²) in [5.74, 6) is -0.682. The summed E-state index contributed by atoms with van der Waals surface area (Å²) in [4.78, 5) is 37.8. The fraction of sp³-hybridized carbons (Fsp3) is 0.0800. The van der Waals surface area contributed by atoms with Crippen LogP contribution in [0.1, 0.15) is 18.2 Å². The molecule has 0 atom stereocenters. The largest absolute Gasteiger partial charge is 0.456 e. The number of hydrogen-bond donors (Lipinski definition) is 0. The van der Waals surface area contributed by atoms with Crippen molar-refractivity contribution >= 4 is 23.6 Å². The summed E-state index contributed by atoms with van der Waals surface area (Å²) < 4.78 is 5.77. The second-order valence-electron chi connectivity index (χ2n) is 7.33. The molecule has 8 nitrogen and oxygen atoms in total. The Bertz CT molecular complexity index is 1380. The predicted molar refractivity (Wildman–Crippen MR) is 119 cm³/mol. The van der Waals surface area contributed by atoms with Crippen LogP contribution in [0.2, 0.25) is 0 Å². The third-order valence-corrected chi connectivity index (χ3v) is 5.29. The number of carbonyl (C=O) groups excluding carboxylic acids is 2. The van der Waals surface area contributed by atoms with Gasteiger partial charge in [-0.15, -0.1) is 0 Å². The van der Waals surface area contributed by atoms with Gasteiger partial charge in [-0.05, 0) is 42.3 Å². The molecule has 2 amide bonds. The van der Waals surface area contributed by atoms with E-state index < -0.39 is 16.7 Å². The topological polar surface area (TPSA) is 117 Å². The van der Waals surface area contributed by atoms with Crippen molar-refractivity contribution < 1.29 is 18.9 Å². The Morgan fingerprint density at radius 2 is 1.73 bits per heavy atom. The zero-order chi connectivity index (χ0) is 23.5. The smallest absolute Gasteiger partial charge is 0.280 e. The lowest BCUT2D eigenvalue weighted by atomic mass is 9.94. The first-order valence-electron chi connectivity index (χ1n) is 9.97. The minimum atomic E-state index is -0.652. The molecule has 1 aromatic heterocycles. The van der Waals surface area contributed by atoms with Crippen LogP contribution in [-0.4, -0.2) is 21.6 Å². The first kappa shape index (κ1) is 21.5. The monoisotopic (exact) mass is 439 g/mol. The van der Waals surface area contributed by atoms with E-state index in [4.69, 9.17) is 4.42 Å². The van der Waals surface area contributed by atoms with Gasteiger partial charge in [0.25, 0.3) is 17.5 Å². The molecule has 2 aromatic carbocycles. The number of carbonyl (C=O) groups is 2. The first-order chi connectivity index (χ1) is 15.9. The molecular weight excluding hydrogens is 422 g/mol. The Hall–Kier alpha value is -4.77. The summed E-state index contributed by atoms with van der Waals surface area (Å²) in [6.07, 6.45) is 1.44. The Morgan fingerprint density at radius 3 is 2.42 bits per heavy atom. The van der Waals surface area contributed by atoms with Crippen molar-refractivity contribution in [1.29, 1.82) is 5.26 Å². The van der Waals surface area contributed by atoms with Crippen molar-refractivity contribution in [2.24, 2.45) is 0 Å². The van der Waals surface area contributed by atoms with Crippen molar-refractivity contribution in [2.45, 2.75) is 13.5 Å². The lowest BCUT2D eigenvalue weighted by molar-refractivity contribution is -0.384. The molecule has 4 rings (SSSR count). The third-order valence-electron chi connectivity index (χ3n) is 5.29. The van der Waals surface area contributed by atoms with E-state index in [0.717, 1.165) is 10.5 Å². The number of nitrogens with zero attached hydrogens (tertiary/aromatic N) is 3. The number of para-hydroxylation sites is 1. The quantitative estimate of drug-likeness (QED) is 0.247. The van der Waals surface area contributed by atoms with Gasteiger partial charge in [0, 0.05) is 11.6 Å². The van der Waals surface area contributed by atoms with Crippen LogP contribution in [0.4, 0.5) is 5.69 Å². The molecule has 0 saturated heterocycles. The van der Waals surface area contributed by atoms with Crippen LogP contribution in [0.5, 0.6) is 0 Å². The maximum absolute atomic E-state index is 13.2. The highest BCUT2D eigenvalue weighted by atomic mass is 16.6. The zero-order valence-electron chi connectivity index (χ0n) is 17.5. The number of benzene rings is 2. The lowest BCUT2D eigenvalue weighted by Gasteiger charge is -2.27. The van der Waals surface area contributed by atoms with Gasteiger partial charge in [-0.1, -0.05) is 42.5 Å². The number of nitro groups is 1. The van der Waals surface area contributed by atoms with E-state index in [1.807, 2.05) is 12.1 Å². The highest BCUT2D eigenvalue weighted by molar-refractivity contribution is 6.19. The van der Waals surface area contributed by atoms with Gasteiger partial charge in [-0.25, -0.2) is 0 Å². The van der Waals surface area contributed by atoms with Gasteiger partial charge in [0.05, 0.1) is 17.0 Å². The van der Waals surface area contributed by atoms with Gasteiger partial charge in [0.15, 0.2) is 0 Å². The van der Waals surface area contributed by atoms with Gasteiger partial charge in [-0.3, -0.25) is 24.6 Å². The van der Waals surface area contributed by atoms with Crippen LogP contribution < -0.4 is 0 Å². The van der Waals surface area contributed by atoms with Crippen molar-refractivity contribution in [3.8, 4) is 17.4 Å². The van der Waals surface area contributed by atoms with Gasteiger partial charge >= 0.3 is 0 Å².